The molecule has 0 saturated carbocycles. The van der Waals surface area contributed by atoms with Crippen LogP contribution in [0.1, 0.15) is 40.0 Å². The summed E-state index contributed by atoms with van der Waals surface area (Å²) in [6.07, 6.45) is 8.05. The molecule has 0 N–H and O–H groups in total. The molecule has 0 spiro atoms. The van der Waals surface area contributed by atoms with Gasteiger partial charge in [0.1, 0.15) is 8.07 Å². The van der Waals surface area contributed by atoms with Crippen LogP contribution in [0.25, 0.3) is 0 Å². The van der Waals surface area contributed by atoms with Crippen molar-refractivity contribution in [3.05, 3.63) is 0 Å². The number of hydrogen-bond acceptors (Lipinski definition) is 2. The molecule has 1 heterocycles. The first-order valence-electron chi connectivity index (χ1n) is 7.02. The van der Waals surface area contributed by atoms with E-state index < -0.39 is 14.2 Å². The molecule has 0 aromatic rings. The average molecular weight is 278 g/mol. The van der Waals surface area contributed by atoms with Crippen molar-refractivity contribution < 1.29 is 9.47 Å². The molecule has 0 amide bonds. The maximum absolute atomic E-state index is 5.74. The quantitative estimate of drug-likeness (QED) is 0.568. The molecule has 3 heteroatoms. The van der Waals surface area contributed by atoms with E-state index >= 15 is 0 Å². The summed E-state index contributed by atoms with van der Waals surface area (Å²) in [4.78, 5) is 0. The fraction of sp³-hybridized carbons (Fsp3) is 0.750. The number of terminal acetylenes is 1. The molecule has 1 aliphatic rings. The minimum atomic E-state index is -1.63. The van der Waals surface area contributed by atoms with Gasteiger partial charge in [-0.25, -0.2) is 0 Å². The Bertz CT molecular complexity index is 384. The van der Waals surface area contributed by atoms with Gasteiger partial charge in [-0.1, -0.05) is 45.7 Å². The zero-order valence-electron chi connectivity index (χ0n) is 12.9. The van der Waals surface area contributed by atoms with Crippen molar-refractivity contribution in [2.45, 2.75) is 70.6 Å². The van der Waals surface area contributed by atoms with Crippen LogP contribution < -0.4 is 0 Å². The molecular formula is C16H26O2Si. The SMILES string of the molecule is C#C[C@H](C#C[Si](C)(C)C(C)(C)C)OC1CCCCO1. The molecule has 1 saturated heterocycles. The van der Waals surface area contributed by atoms with Crippen LogP contribution in [0.2, 0.25) is 18.1 Å². The van der Waals surface area contributed by atoms with Gasteiger partial charge < -0.3 is 9.47 Å². The predicted octanol–water partition coefficient (Wildman–Crippen LogP) is 3.58. The van der Waals surface area contributed by atoms with Gasteiger partial charge in [-0.2, -0.15) is 0 Å². The summed E-state index contributed by atoms with van der Waals surface area (Å²) in [6.45, 7) is 12.0. The van der Waals surface area contributed by atoms with Crippen LogP contribution in [0, 0.1) is 23.8 Å². The molecule has 0 aromatic heterocycles. The largest absolute Gasteiger partial charge is 0.353 e. The van der Waals surface area contributed by atoms with Gasteiger partial charge in [-0.05, 0) is 24.3 Å². The van der Waals surface area contributed by atoms with E-state index in [4.69, 9.17) is 15.9 Å². The van der Waals surface area contributed by atoms with Gasteiger partial charge in [0.25, 0.3) is 0 Å². The predicted molar refractivity (Wildman–Crippen MR) is 82.3 cm³/mol. The summed E-state index contributed by atoms with van der Waals surface area (Å²) in [6, 6.07) is 0. The number of hydrogen-bond donors (Lipinski definition) is 0. The second-order valence-corrected chi connectivity index (χ2v) is 11.6. The highest BCUT2D eigenvalue weighted by Gasteiger charge is 2.33. The maximum Gasteiger partial charge on any atom is 0.181 e. The third kappa shape index (κ3) is 5.03. The smallest absolute Gasteiger partial charge is 0.181 e. The third-order valence-corrected chi connectivity index (χ3v) is 8.49. The summed E-state index contributed by atoms with van der Waals surface area (Å²) < 4.78 is 11.3. The van der Waals surface area contributed by atoms with E-state index in [1.165, 1.54) is 0 Å². The first kappa shape index (κ1) is 16.3. The highest BCUT2D eigenvalue weighted by molar-refractivity contribution is 6.87. The molecule has 2 atom stereocenters. The molecule has 1 unspecified atom stereocenters. The van der Waals surface area contributed by atoms with Gasteiger partial charge in [0, 0.05) is 6.61 Å². The lowest BCUT2D eigenvalue weighted by molar-refractivity contribution is -0.166. The standard InChI is InChI=1S/C16H26O2Si/c1-7-14(18-15-10-8-9-12-17-15)11-13-19(5,6)16(2,3)4/h1,14-15H,8-10,12H2,2-6H3/t14-,15?/m1/s1. The molecule has 0 aromatic carbocycles. The van der Waals surface area contributed by atoms with E-state index in [0.29, 0.717) is 0 Å². The molecule has 19 heavy (non-hydrogen) atoms. The maximum atomic E-state index is 5.74. The number of rotatable bonds is 2. The first-order chi connectivity index (χ1) is 8.76. The summed E-state index contributed by atoms with van der Waals surface area (Å²) >= 11 is 0. The Morgan fingerprint density at radius 3 is 2.47 bits per heavy atom. The van der Waals surface area contributed by atoms with Crippen LogP contribution >= 0.6 is 0 Å². The van der Waals surface area contributed by atoms with Crippen molar-refractivity contribution in [3.63, 3.8) is 0 Å². The Labute approximate surface area is 119 Å². The minimum Gasteiger partial charge on any atom is -0.353 e. The van der Waals surface area contributed by atoms with Crippen molar-refractivity contribution in [3.8, 4) is 23.8 Å². The summed E-state index contributed by atoms with van der Waals surface area (Å²) in [5.74, 6) is 5.76. The molecule has 1 aliphatic heterocycles. The second kappa shape index (κ2) is 6.62. The molecule has 0 radical (unpaired) electrons. The van der Waals surface area contributed by atoms with E-state index in [9.17, 15) is 0 Å². The normalized spacial score (nSPS) is 22.0. The van der Waals surface area contributed by atoms with E-state index in [2.05, 4.69) is 51.2 Å². The lowest BCUT2D eigenvalue weighted by atomic mass is 10.2. The van der Waals surface area contributed by atoms with Crippen molar-refractivity contribution >= 4 is 8.07 Å². The minimum absolute atomic E-state index is 0.177. The molecular weight excluding hydrogens is 252 g/mol. The Hall–Kier alpha value is -0.743. The van der Waals surface area contributed by atoms with Gasteiger partial charge in [0.2, 0.25) is 0 Å². The van der Waals surface area contributed by atoms with Crippen LogP contribution in [0.5, 0.6) is 0 Å². The summed E-state index contributed by atoms with van der Waals surface area (Å²) in [5.41, 5.74) is 3.41. The lowest BCUT2D eigenvalue weighted by Crippen LogP contribution is -2.36. The van der Waals surface area contributed by atoms with Gasteiger partial charge >= 0.3 is 0 Å². The van der Waals surface area contributed by atoms with Gasteiger partial charge in [-0.15, -0.1) is 12.0 Å². The van der Waals surface area contributed by atoms with Crippen LogP contribution in [0.4, 0.5) is 0 Å². The Kier molecular flexibility index (Phi) is 5.68. The van der Waals surface area contributed by atoms with Gasteiger partial charge in [-0.3, -0.25) is 0 Å². The third-order valence-electron chi connectivity index (χ3n) is 3.97. The van der Waals surface area contributed by atoms with Gasteiger partial charge in [0.05, 0.1) is 0 Å². The highest BCUT2D eigenvalue weighted by Crippen LogP contribution is 2.35. The van der Waals surface area contributed by atoms with Gasteiger partial charge in [0.15, 0.2) is 12.4 Å². The van der Waals surface area contributed by atoms with E-state index in [-0.39, 0.29) is 11.3 Å². The summed E-state index contributed by atoms with van der Waals surface area (Å²) in [5, 5.41) is 0.237. The van der Waals surface area contributed by atoms with Crippen molar-refractivity contribution in [1.82, 2.24) is 0 Å². The zero-order valence-corrected chi connectivity index (χ0v) is 13.9. The van der Waals surface area contributed by atoms with E-state index in [1.54, 1.807) is 0 Å². The monoisotopic (exact) mass is 278 g/mol. The highest BCUT2D eigenvalue weighted by atomic mass is 28.3. The average Bonchev–Trinajstić information content (AvgIpc) is 2.34. The lowest BCUT2D eigenvalue weighted by Gasteiger charge is -2.31. The van der Waals surface area contributed by atoms with Crippen LogP contribution in [0.15, 0.2) is 0 Å². The first-order valence-corrected chi connectivity index (χ1v) is 10.0. The Morgan fingerprint density at radius 2 is 2.00 bits per heavy atom. The molecule has 0 bridgehead atoms. The fourth-order valence-corrected chi connectivity index (χ4v) is 2.39. The molecule has 1 rings (SSSR count). The van der Waals surface area contributed by atoms with Crippen molar-refractivity contribution in [2.75, 3.05) is 6.61 Å². The summed E-state index contributed by atoms with van der Waals surface area (Å²) in [7, 11) is -1.63. The van der Waals surface area contributed by atoms with Crippen molar-refractivity contribution in [2.24, 2.45) is 0 Å². The van der Waals surface area contributed by atoms with Crippen LogP contribution in [0.3, 0.4) is 0 Å². The molecule has 106 valence electrons. The Balaban J connectivity index is 2.65. The second-order valence-electron chi connectivity index (χ2n) is 6.62. The number of ether oxygens (including phenoxy) is 2. The van der Waals surface area contributed by atoms with Crippen LogP contribution in [-0.2, 0) is 9.47 Å². The molecule has 2 nitrogen and oxygen atoms in total. The Morgan fingerprint density at radius 1 is 1.32 bits per heavy atom. The molecule has 1 fully saturated rings. The fourth-order valence-electron chi connectivity index (χ4n) is 1.52. The molecule has 0 aliphatic carbocycles. The zero-order chi connectivity index (χ0) is 14.5. The topological polar surface area (TPSA) is 18.5 Å². The van der Waals surface area contributed by atoms with Crippen molar-refractivity contribution in [1.29, 1.82) is 0 Å². The van der Waals surface area contributed by atoms with E-state index in [1.807, 2.05) is 0 Å². The van der Waals surface area contributed by atoms with Crippen LogP contribution in [-0.4, -0.2) is 27.1 Å². The van der Waals surface area contributed by atoms with E-state index in [0.717, 1.165) is 25.9 Å².